The second-order valence-electron chi connectivity index (χ2n) is 4.84. The molecule has 1 fully saturated rings. The van der Waals surface area contributed by atoms with Crippen LogP contribution in [0, 0.1) is 0 Å². The summed E-state index contributed by atoms with van der Waals surface area (Å²) in [5.41, 5.74) is 1.11. The van der Waals surface area contributed by atoms with Crippen molar-refractivity contribution in [3.8, 4) is 0 Å². The van der Waals surface area contributed by atoms with Gasteiger partial charge >= 0.3 is 0 Å². The Bertz CT molecular complexity index is 401. The third-order valence-electron chi connectivity index (χ3n) is 3.67. The van der Waals surface area contributed by atoms with Crippen molar-refractivity contribution in [1.29, 1.82) is 0 Å². The van der Waals surface area contributed by atoms with E-state index < -0.39 is 0 Å². The predicted molar refractivity (Wildman–Crippen MR) is 67.6 cm³/mol. The molecule has 4 nitrogen and oxygen atoms in total. The van der Waals surface area contributed by atoms with Crippen molar-refractivity contribution in [2.45, 2.75) is 37.8 Å². The van der Waals surface area contributed by atoms with Gasteiger partial charge in [-0.05, 0) is 25.7 Å². The molecule has 2 unspecified atom stereocenters. The lowest BCUT2D eigenvalue weighted by atomic mass is 10.0. The number of aliphatic hydroxyl groups is 1. The predicted octanol–water partition coefficient (Wildman–Crippen LogP) is 1.74. The van der Waals surface area contributed by atoms with Crippen LogP contribution in [-0.2, 0) is 11.2 Å². The molecule has 2 aliphatic rings. The average molecular weight is 254 g/mol. The van der Waals surface area contributed by atoms with Crippen LogP contribution in [0.1, 0.15) is 35.9 Å². The fourth-order valence-electron chi connectivity index (χ4n) is 2.52. The van der Waals surface area contributed by atoms with Crippen molar-refractivity contribution in [2.24, 2.45) is 0 Å². The third-order valence-corrected chi connectivity index (χ3v) is 4.95. The van der Waals surface area contributed by atoms with Crippen molar-refractivity contribution in [3.05, 3.63) is 10.6 Å². The maximum absolute atomic E-state index is 9.95. The molecular formula is C12H18N2O2S. The Kier molecular flexibility index (Phi) is 3.06. The molecule has 1 aromatic rings. The lowest BCUT2D eigenvalue weighted by Crippen LogP contribution is -2.31. The van der Waals surface area contributed by atoms with Crippen LogP contribution < -0.4 is 4.90 Å². The largest absolute Gasteiger partial charge is 0.388 e. The molecule has 94 valence electrons. The molecule has 0 amide bonds. The highest BCUT2D eigenvalue weighted by atomic mass is 32.1. The molecule has 1 aliphatic carbocycles. The van der Waals surface area contributed by atoms with E-state index in [1.54, 1.807) is 11.3 Å². The minimum absolute atomic E-state index is 0.293. The number of thiazole rings is 1. The van der Waals surface area contributed by atoms with Gasteiger partial charge in [0.2, 0.25) is 0 Å². The number of fused-ring (bicyclic) bond motifs is 1. The molecule has 0 aromatic carbocycles. The standard InChI is InChI=1S/C12H18N2O2S/c1-14(8-5-6-16-7-8)12-13-9-3-2-4-10(15)11(9)17-12/h8,10,15H,2-7H2,1H3. The smallest absolute Gasteiger partial charge is 0.185 e. The number of rotatable bonds is 2. The highest BCUT2D eigenvalue weighted by Crippen LogP contribution is 2.37. The number of aromatic nitrogens is 1. The van der Waals surface area contributed by atoms with E-state index >= 15 is 0 Å². The van der Waals surface area contributed by atoms with E-state index in [-0.39, 0.29) is 6.10 Å². The third kappa shape index (κ3) is 2.07. The lowest BCUT2D eigenvalue weighted by Gasteiger charge is -2.21. The van der Waals surface area contributed by atoms with Crippen molar-refractivity contribution in [2.75, 3.05) is 25.2 Å². The maximum atomic E-state index is 9.95. The Hall–Kier alpha value is -0.650. The molecule has 0 saturated carbocycles. The van der Waals surface area contributed by atoms with Crippen molar-refractivity contribution in [3.63, 3.8) is 0 Å². The van der Waals surface area contributed by atoms with E-state index in [9.17, 15) is 5.11 Å². The summed E-state index contributed by atoms with van der Waals surface area (Å²) in [6.45, 7) is 1.64. The number of aryl methyl sites for hydroxylation is 1. The van der Waals surface area contributed by atoms with E-state index in [4.69, 9.17) is 4.74 Å². The first-order chi connectivity index (χ1) is 8.25. The molecular weight excluding hydrogens is 236 g/mol. The molecule has 1 N–H and O–H groups in total. The number of likely N-dealkylation sites (N-methyl/N-ethyl adjacent to an activating group) is 1. The summed E-state index contributed by atoms with van der Waals surface area (Å²) in [4.78, 5) is 7.97. The highest BCUT2D eigenvalue weighted by Gasteiger charge is 2.27. The minimum atomic E-state index is -0.293. The molecule has 2 atom stereocenters. The molecule has 5 heteroatoms. The van der Waals surface area contributed by atoms with Crippen LogP contribution >= 0.6 is 11.3 Å². The van der Waals surface area contributed by atoms with Gasteiger partial charge in [0, 0.05) is 13.7 Å². The topological polar surface area (TPSA) is 45.6 Å². The SMILES string of the molecule is CN(c1nc2c(s1)C(O)CCC2)C1CCOC1. The van der Waals surface area contributed by atoms with E-state index in [2.05, 4.69) is 16.9 Å². The van der Waals surface area contributed by atoms with Gasteiger partial charge < -0.3 is 14.7 Å². The first-order valence-electron chi connectivity index (χ1n) is 6.24. The molecule has 1 saturated heterocycles. The van der Waals surface area contributed by atoms with E-state index in [0.29, 0.717) is 6.04 Å². The van der Waals surface area contributed by atoms with Crippen LogP contribution in [0.4, 0.5) is 5.13 Å². The van der Waals surface area contributed by atoms with Crippen LogP contribution in [-0.4, -0.2) is 36.4 Å². The summed E-state index contributed by atoms with van der Waals surface area (Å²) in [7, 11) is 2.08. The number of hydrogen-bond donors (Lipinski definition) is 1. The van der Waals surface area contributed by atoms with Crippen molar-refractivity contribution in [1.82, 2.24) is 4.98 Å². The second kappa shape index (κ2) is 4.55. The van der Waals surface area contributed by atoms with E-state index in [1.807, 2.05) is 0 Å². The normalized spacial score (nSPS) is 28.1. The minimum Gasteiger partial charge on any atom is -0.388 e. The Morgan fingerprint density at radius 2 is 2.35 bits per heavy atom. The van der Waals surface area contributed by atoms with Crippen LogP contribution in [0.25, 0.3) is 0 Å². The van der Waals surface area contributed by atoms with Gasteiger partial charge in [-0.1, -0.05) is 11.3 Å². The quantitative estimate of drug-likeness (QED) is 0.873. The number of hydrogen-bond acceptors (Lipinski definition) is 5. The Balaban J connectivity index is 1.83. The Labute approximate surface area is 105 Å². The summed E-state index contributed by atoms with van der Waals surface area (Å²) in [5, 5.41) is 11.0. The van der Waals surface area contributed by atoms with Gasteiger partial charge in [0.05, 0.1) is 29.3 Å². The average Bonchev–Trinajstić information content (AvgIpc) is 2.98. The lowest BCUT2D eigenvalue weighted by molar-refractivity contribution is 0.160. The zero-order valence-corrected chi connectivity index (χ0v) is 10.9. The van der Waals surface area contributed by atoms with E-state index in [1.165, 1.54) is 0 Å². The molecule has 2 heterocycles. The van der Waals surface area contributed by atoms with Crippen molar-refractivity contribution < 1.29 is 9.84 Å². The number of nitrogens with zero attached hydrogens (tertiary/aromatic N) is 2. The molecule has 0 radical (unpaired) electrons. The molecule has 1 aromatic heterocycles. The summed E-state index contributed by atoms with van der Waals surface area (Å²) in [5.74, 6) is 0. The molecule has 0 bridgehead atoms. The number of ether oxygens (including phenoxy) is 1. The highest BCUT2D eigenvalue weighted by molar-refractivity contribution is 7.15. The molecule has 1 aliphatic heterocycles. The van der Waals surface area contributed by atoms with Crippen molar-refractivity contribution >= 4 is 16.5 Å². The number of anilines is 1. The Morgan fingerprint density at radius 3 is 3.06 bits per heavy atom. The van der Waals surface area contributed by atoms with Gasteiger partial charge in [0.25, 0.3) is 0 Å². The van der Waals surface area contributed by atoms with E-state index in [0.717, 1.165) is 54.6 Å². The molecule has 3 rings (SSSR count). The summed E-state index contributed by atoms with van der Waals surface area (Å²) in [6, 6.07) is 0.444. The monoisotopic (exact) mass is 254 g/mol. The van der Waals surface area contributed by atoms with Gasteiger partial charge in [-0.2, -0.15) is 0 Å². The summed E-state index contributed by atoms with van der Waals surface area (Å²) >= 11 is 1.65. The van der Waals surface area contributed by atoms with Gasteiger partial charge in [-0.25, -0.2) is 4.98 Å². The van der Waals surface area contributed by atoms with Crippen LogP contribution in [0.15, 0.2) is 0 Å². The van der Waals surface area contributed by atoms with Crippen LogP contribution in [0.5, 0.6) is 0 Å². The Morgan fingerprint density at radius 1 is 1.47 bits per heavy atom. The zero-order valence-electron chi connectivity index (χ0n) is 10.1. The van der Waals surface area contributed by atoms with Crippen LogP contribution in [0.2, 0.25) is 0 Å². The van der Waals surface area contributed by atoms with Gasteiger partial charge in [0.1, 0.15) is 0 Å². The van der Waals surface area contributed by atoms with Gasteiger partial charge in [-0.15, -0.1) is 0 Å². The summed E-state index contributed by atoms with van der Waals surface area (Å²) in [6.07, 6.45) is 3.72. The molecule has 0 spiro atoms. The van der Waals surface area contributed by atoms with Crippen LogP contribution in [0.3, 0.4) is 0 Å². The zero-order chi connectivity index (χ0) is 11.8. The molecule has 17 heavy (non-hydrogen) atoms. The summed E-state index contributed by atoms with van der Waals surface area (Å²) < 4.78 is 5.41. The maximum Gasteiger partial charge on any atom is 0.185 e. The first kappa shape index (κ1) is 11.4. The fraction of sp³-hybridized carbons (Fsp3) is 0.750. The van der Waals surface area contributed by atoms with Gasteiger partial charge in [0.15, 0.2) is 5.13 Å². The fourth-order valence-corrected chi connectivity index (χ4v) is 3.68. The first-order valence-corrected chi connectivity index (χ1v) is 7.05. The second-order valence-corrected chi connectivity index (χ2v) is 5.85. The van der Waals surface area contributed by atoms with Gasteiger partial charge in [-0.3, -0.25) is 0 Å². The number of aliphatic hydroxyl groups excluding tert-OH is 1.